The summed E-state index contributed by atoms with van der Waals surface area (Å²) < 4.78 is 17.1. The van der Waals surface area contributed by atoms with Crippen LogP contribution in [0.2, 0.25) is 5.02 Å². The molecule has 0 spiro atoms. The lowest BCUT2D eigenvalue weighted by Crippen LogP contribution is -2.31. The molecular weight excluding hydrogens is 445 g/mol. The van der Waals surface area contributed by atoms with E-state index in [4.69, 9.17) is 16.3 Å². The minimum absolute atomic E-state index is 0.181. The van der Waals surface area contributed by atoms with Crippen LogP contribution >= 0.6 is 11.6 Å². The number of hydrogen-bond donors (Lipinski definition) is 2. The maximum Gasteiger partial charge on any atom is 0.212 e. The van der Waals surface area contributed by atoms with Crippen molar-refractivity contribution in [2.45, 2.75) is 32.1 Å². The average Bonchev–Trinajstić information content (AvgIpc) is 2.86. The third-order valence-electron chi connectivity index (χ3n) is 5.85. The molecule has 4 heterocycles. The molecule has 0 saturated carbocycles. The number of likely N-dealkylation sites (tertiary alicyclic amines) is 1. The van der Waals surface area contributed by atoms with E-state index in [9.17, 15) is 9.18 Å². The van der Waals surface area contributed by atoms with Crippen molar-refractivity contribution in [1.29, 1.82) is 0 Å². The van der Waals surface area contributed by atoms with E-state index in [1.807, 2.05) is 18.2 Å². The summed E-state index contributed by atoms with van der Waals surface area (Å²) in [6.45, 7) is 5.24. The minimum Gasteiger partial charge on any atom is -0.381 e. The number of halogens is 2. The van der Waals surface area contributed by atoms with Crippen molar-refractivity contribution in [3.05, 3.63) is 35.5 Å². The van der Waals surface area contributed by atoms with Gasteiger partial charge in [0, 0.05) is 38.1 Å². The third-order valence-corrected chi connectivity index (χ3v) is 6.15. The Hall–Kier alpha value is -2.29. The fourth-order valence-electron chi connectivity index (χ4n) is 3.96. The van der Waals surface area contributed by atoms with Crippen molar-refractivity contribution in [3.63, 3.8) is 0 Å². The summed E-state index contributed by atoms with van der Waals surface area (Å²) in [5.74, 6) is 1.85. The smallest absolute Gasteiger partial charge is 0.212 e. The quantitative estimate of drug-likeness (QED) is 0.539. The molecule has 180 valence electrons. The number of pyridine rings is 2. The highest BCUT2D eigenvalue weighted by molar-refractivity contribution is 6.33. The maximum absolute atomic E-state index is 11.7. The molecule has 0 aromatic carbocycles. The molecular formula is C24H33ClFN5O2. The van der Waals surface area contributed by atoms with Gasteiger partial charge in [0.05, 0.1) is 10.7 Å². The van der Waals surface area contributed by atoms with Crippen LogP contribution in [0.5, 0.6) is 0 Å². The standard InChI is InChI=1S/C17H19ClN4O2.C7H14FN/c18-14-10-20-17(21-11-23)8-13(14)15-2-1-3-16(22-15)19-9-12-4-6-24-7-5-12;8-4-7-9-5-2-1-3-6-9/h1-3,8,10-12H,4-7,9H2,(H,19,22)(H,20,21,23);1-7H2. The summed E-state index contributed by atoms with van der Waals surface area (Å²) in [7, 11) is 0. The van der Waals surface area contributed by atoms with Gasteiger partial charge in [-0.25, -0.2) is 14.4 Å². The highest BCUT2D eigenvalue weighted by Crippen LogP contribution is 2.28. The van der Waals surface area contributed by atoms with Gasteiger partial charge in [-0.2, -0.15) is 0 Å². The zero-order valence-electron chi connectivity index (χ0n) is 18.9. The number of ether oxygens (including phenoxy) is 1. The number of nitrogens with zero attached hydrogens (tertiary/aromatic N) is 3. The fourth-order valence-corrected chi connectivity index (χ4v) is 4.16. The minimum atomic E-state index is -0.181. The van der Waals surface area contributed by atoms with Gasteiger partial charge in [-0.05, 0) is 62.9 Å². The van der Waals surface area contributed by atoms with Crippen molar-refractivity contribution >= 4 is 29.6 Å². The normalized spacial score (nSPS) is 17.0. The number of piperidine rings is 1. The number of aromatic nitrogens is 2. The van der Waals surface area contributed by atoms with Crippen LogP contribution < -0.4 is 10.6 Å². The molecule has 1 amide bonds. The first kappa shape index (κ1) is 25.3. The first-order valence-corrected chi connectivity index (χ1v) is 12.0. The van der Waals surface area contributed by atoms with Crippen LogP contribution in [-0.2, 0) is 9.53 Å². The predicted octanol–water partition coefficient (Wildman–Crippen LogP) is 4.65. The zero-order valence-corrected chi connectivity index (χ0v) is 19.7. The molecule has 2 fully saturated rings. The SMILES string of the molecule is FCCN1CCCCC1.O=CNc1cc(-c2cccc(NCC3CCOCC3)n2)c(Cl)cn1. The summed E-state index contributed by atoms with van der Waals surface area (Å²) in [5.41, 5.74) is 1.46. The summed E-state index contributed by atoms with van der Waals surface area (Å²) in [6.07, 6.45) is 8.10. The second-order valence-electron chi connectivity index (χ2n) is 8.25. The van der Waals surface area contributed by atoms with Crippen molar-refractivity contribution in [1.82, 2.24) is 14.9 Å². The van der Waals surface area contributed by atoms with Crippen LogP contribution in [0.15, 0.2) is 30.5 Å². The van der Waals surface area contributed by atoms with Crippen LogP contribution in [0.3, 0.4) is 0 Å². The van der Waals surface area contributed by atoms with E-state index in [-0.39, 0.29) is 6.67 Å². The van der Waals surface area contributed by atoms with Crippen molar-refractivity contribution in [2.24, 2.45) is 5.92 Å². The third kappa shape index (κ3) is 8.53. The fraction of sp³-hybridized carbons (Fsp3) is 0.542. The largest absolute Gasteiger partial charge is 0.381 e. The molecule has 7 nitrogen and oxygen atoms in total. The number of nitrogens with one attached hydrogen (secondary N) is 2. The molecule has 9 heteroatoms. The van der Waals surface area contributed by atoms with Crippen LogP contribution in [0.1, 0.15) is 32.1 Å². The topological polar surface area (TPSA) is 79.4 Å². The Morgan fingerprint density at radius 2 is 1.97 bits per heavy atom. The molecule has 0 atom stereocenters. The molecule has 2 saturated heterocycles. The van der Waals surface area contributed by atoms with Crippen molar-refractivity contribution < 1.29 is 13.9 Å². The van der Waals surface area contributed by atoms with Gasteiger partial charge >= 0.3 is 0 Å². The lowest BCUT2D eigenvalue weighted by atomic mass is 10.0. The molecule has 33 heavy (non-hydrogen) atoms. The summed E-state index contributed by atoms with van der Waals surface area (Å²) in [6, 6.07) is 7.45. The van der Waals surface area contributed by atoms with Crippen molar-refractivity contribution in [2.75, 3.05) is 56.7 Å². The molecule has 4 rings (SSSR count). The second-order valence-corrected chi connectivity index (χ2v) is 8.65. The van der Waals surface area contributed by atoms with E-state index in [1.54, 1.807) is 6.07 Å². The van der Waals surface area contributed by atoms with E-state index >= 15 is 0 Å². The van der Waals surface area contributed by atoms with Crippen LogP contribution in [0, 0.1) is 5.92 Å². The van der Waals surface area contributed by atoms with Gasteiger partial charge in [0.2, 0.25) is 6.41 Å². The Morgan fingerprint density at radius 3 is 2.70 bits per heavy atom. The van der Waals surface area contributed by atoms with Gasteiger partial charge in [0.25, 0.3) is 0 Å². The van der Waals surface area contributed by atoms with Gasteiger partial charge in [-0.1, -0.05) is 24.1 Å². The Kier molecular flexibility index (Phi) is 10.8. The number of carbonyl (C=O) groups excluding carboxylic acids is 1. The lowest BCUT2D eigenvalue weighted by molar-refractivity contribution is -0.105. The first-order chi connectivity index (χ1) is 16.2. The van der Waals surface area contributed by atoms with E-state index < -0.39 is 0 Å². The molecule has 0 aliphatic carbocycles. The van der Waals surface area contributed by atoms with Gasteiger partial charge in [0.1, 0.15) is 18.3 Å². The van der Waals surface area contributed by atoms with Crippen LogP contribution in [0.25, 0.3) is 11.3 Å². The Labute approximate surface area is 200 Å². The zero-order chi connectivity index (χ0) is 23.3. The highest BCUT2D eigenvalue weighted by atomic mass is 35.5. The van der Waals surface area contributed by atoms with E-state index in [1.165, 1.54) is 25.5 Å². The van der Waals surface area contributed by atoms with Gasteiger partial charge in [-0.15, -0.1) is 0 Å². The number of amides is 1. The highest BCUT2D eigenvalue weighted by Gasteiger charge is 2.14. The lowest BCUT2D eigenvalue weighted by Gasteiger charge is -2.24. The molecule has 2 N–H and O–H groups in total. The average molecular weight is 478 g/mol. The van der Waals surface area contributed by atoms with E-state index in [2.05, 4.69) is 25.5 Å². The monoisotopic (exact) mass is 477 g/mol. The summed E-state index contributed by atoms with van der Waals surface area (Å²) >= 11 is 6.23. The number of hydrogen-bond acceptors (Lipinski definition) is 6. The van der Waals surface area contributed by atoms with Crippen LogP contribution in [-0.4, -0.2) is 67.3 Å². The first-order valence-electron chi connectivity index (χ1n) is 11.6. The number of anilines is 2. The Morgan fingerprint density at radius 1 is 1.18 bits per heavy atom. The second kappa shape index (κ2) is 14.1. The predicted molar refractivity (Wildman–Crippen MR) is 130 cm³/mol. The summed E-state index contributed by atoms with van der Waals surface area (Å²) in [5, 5.41) is 6.40. The van der Waals surface area contributed by atoms with Gasteiger partial charge < -0.3 is 20.3 Å². The van der Waals surface area contributed by atoms with Crippen LogP contribution in [0.4, 0.5) is 16.0 Å². The molecule has 2 aliphatic rings. The van der Waals surface area contributed by atoms with E-state index in [0.29, 0.717) is 29.7 Å². The van der Waals surface area contributed by atoms with Crippen molar-refractivity contribution in [3.8, 4) is 11.3 Å². The maximum atomic E-state index is 11.7. The molecule has 0 unspecified atom stereocenters. The Bertz CT molecular complexity index is 858. The Balaban J connectivity index is 0.000000286. The molecule has 2 aromatic heterocycles. The van der Waals surface area contributed by atoms with Gasteiger partial charge in [0.15, 0.2) is 0 Å². The number of alkyl halides is 1. The molecule has 0 radical (unpaired) electrons. The molecule has 2 aliphatic heterocycles. The van der Waals surface area contributed by atoms with E-state index in [0.717, 1.165) is 62.8 Å². The molecule has 0 bridgehead atoms. The summed E-state index contributed by atoms with van der Waals surface area (Å²) in [4.78, 5) is 21.4. The number of rotatable bonds is 8. The van der Waals surface area contributed by atoms with Gasteiger partial charge in [-0.3, -0.25) is 4.79 Å². The number of carbonyl (C=O) groups is 1. The molecule has 2 aromatic rings.